The smallest absolute Gasteiger partial charge is 0.410 e. The summed E-state index contributed by atoms with van der Waals surface area (Å²) in [7, 11) is 0. The van der Waals surface area contributed by atoms with Crippen molar-refractivity contribution < 1.29 is 13.9 Å². The molecule has 0 spiro atoms. The van der Waals surface area contributed by atoms with E-state index in [1.54, 1.807) is 44.0 Å². The van der Waals surface area contributed by atoms with Crippen LogP contribution in [-0.2, 0) is 4.74 Å². The Morgan fingerprint density at radius 3 is 2.85 bits per heavy atom. The van der Waals surface area contributed by atoms with Crippen LogP contribution in [0.25, 0.3) is 5.69 Å². The maximum atomic E-state index is 14.6. The van der Waals surface area contributed by atoms with Gasteiger partial charge >= 0.3 is 6.09 Å². The number of ether oxygens (including phenoxy) is 1. The van der Waals surface area contributed by atoms with Gasteiger partial charge in [-0.15, -0.1) is 0 Å². The highest BCUT2D eigenvalue weighted by Gasteiger charge is 2.33. The van der Waals surface area contributed by atoms with Crippen molar-refractivity contribution in [2.24, 2.45) is 0 Å². The Labute approximate surface area is 152 Å². The standard InChI is InChI=1S/C18H24FN5O2/c1-18(2,3)26-17(25)23-8-5-16(15(19)12-23)22-13-9-14(11-20-10-13)24-7-4-6-21-24/h4,6-7,9-11,15-16,22H,5,8,12H2,1-3H3/t15-,16+/m0/s1. The third kappa shape index (κ3) is 4.50. The number of aromatic nitrogens is 3. The average molecular weight is 361 g/mol. The molecule has 0 bridgehead atoms. The van der Waals surface area contributed by atoms with Crippen molar-refractivity contribution in [1.82, 2.24) is 19.7 Å². The van der Waals surface area contributed by atoms with Gasteiger partial charge in [-0.2, -0.15) is 5.10 Å². The number of piperidine rings is 1. The molecule has 1 fully saturated rings. The lowest BCUT2D eigenvalue weighted by atomic mass is 10.0. The molecule has 0 aromatic carbocycles. The molecule has 7 nitrogen and oxygen atoms in total. The predicted octanol–water partition coefficient (Wildman–Crippen LogP) is 3.03. The van der Waals surface area contributed by atoms with Crippen LogP contribution in [0.2, 0.25) is 0 Å². The average Bonchev–Trinajstić information content (AvgIpc) is 3.10. The highest BCUT2D eigenvalue weighted by molar-refractivity contribution is 5.68. The van der Waals surface area contributed by atoms with E-state index >= 15 is 0 Å². The van der Waals surface area contributed by atoms with Gasteiger partial charge in [-0.25, -0.2) is 13.9 Å². The van der Waals surface area contributed by atoms with Crippen molar-refractivity contribution in [1.29, 1.82) is 0 Å². The van der Waals surface area contributed by atoms with Crippen LogP contribution in [0.1, 0.15) is 27.2 Å². The number of likely N-dealkylation sites (tertiary alicyclic amines) is 1. The number of pyridine rings is 1. The van der Waals surface area contributed by atoms with Crippen molar-refractivity contribution in [3.63, 3.8) is 0 Å². The predicted molar refractivity (Wildman–Crippen MR) is 96.1 cm³/mol. The minimum absolute atomic E-state index is 0.0128. The normalized spacial score (nSPS) is 20.7. The maximum absolute atomic E-state index is 14.6. The molecule has 0 unspecified atom stereocenters. The molecule has 1 aliphatic heterocycles. The lowest BCUT2D eigenvalue weighted by Gasteiger charge is -2.36. The fourth-order valence-electron chi connectivity index (χ4n) is 2.83. The minimum atomic E-state index is -1.19. The molecule has 8 heteroatoms. The van der Waals surface area contributed by atoms with Gasteiger partial charge in [-0.3, -0.25) is 4.98 Å². The zero-order valence-corrected chi connectivity index (χ0v) is 15.2. The summed E-state index contributed by atoms with van der Waals surface area (Å²) in [4.78, 5) is 17.7. The number of alkyl halides is 1. The molecule has 3 rings (SSSR count). The second-order valence-electron chi connectivity index (χ2n) is 7.36. The number of carbonyl (C=O) groups excluding carboxylic acids is 1. The fourth-order valence-corrected chi connectivity index (χ4v) is 2.83. The maximum Gasteiger partial charge on any atom is 0.410 e. The third-order valence-electron chi connectivity index (χ3n) is 4.04. The third-order valence-corrected chi connectivity index (χ3v) is 4.04. The van der Waals surface area contributed by atoms with E-state index in [0.29, 0.717) is 13.0 Å². The first-order valence-corrected chi connectivity index (χ1v) is 8.65. The topological polar surface area (TPSA) is 72.3 Å². The number of anilines is 1. The lowest BCUT2D eigenvalue weighted by Crippen LogP contribution is -2.51. The summed E-state index contributed by atoms with van der Waals surface area (Å²) in [5, 5.41) is 7.35. The highest BCUT2D eigenvalue weighted by Crippen LogP contribution is 2.22. The molecule has 2 atom stereocenters. The Kier molecular flexibility index (Phi) is 5.11. The van der Waals surface area contributed by atoms with Gasteiger partial charge in [-0.05, 0) is 39.3 Å². The molecule has 1 aliphatic rings. The number of rotatable bonds is 3. The van der Waals surface area contributed by atoms with Gasteiger partial charge in [0.1, 0.15) is 11.8 Å². The summed E-state index contributed by atoms with van der Waals surface area (Å²) in [5.41, 5.74) is 0.925. The molecule has 1 amide bonds. The second-order valence-corrected chi connectivity index (χ2v) is 7.36. The molecular weight excluding hydrogens is 337 g/mol. The summed E-state index contributed by atoms with van der Waals surface area (Å²) < 4.78 is 21.6. The highest BCUT2D eigenvalue weighted by atomic mass is 19.1. The van der Waals surface area contributed by atoms with Crippen LogP contribution in [0.3, 0.4) is 0 Å². The van der Waals surface area contributed by atoms with Crippen molar-refractivity contribution in [2.75, 3.05) is 18.4 Å². The molecule has 26 heavy (non-hydrogen) atoms. The van der Waals surface area contributed by atoms with E-state index in [1.165, 1.54) is 4.90 Å². The quantitative estimate of drug-likeness (QED) is 0.910. The molecular formula is C18H24FN5O2. The largest absolute Gasteiger partial charge is 0.444 e. The van der Waals surface area contributed by atoms with E-state index < -0.39 is 17.9 Å². The number of nitrogens with one attached hydrogen (secondary N) is 1. The summed E-state index contributed by atoms with van der Waals surface area (Å²) in [6.07, 6.45) is 5.68. The molecule has 2 aromatic rings. The zero-order valence-electron chi connectivity index (χ0n) is 15.2. The van der Waals surface area contributed by atoms with Crippen LogP contribution in [0.15, 0.2) is 36.9 Å². The van der Waals surface area contributed by atoms with Crippen molar-refractivity contribution in [3.8, 4) is 5.69 Å². The van der Waals surface area contributed by atoms with Crippen molar-refractivity contribution in [2.45, 2.75) is 45.0 Å². The Morgan fingerprint density at radius 2 is 2.19 bits per heavy atom. The molecule has 0 aliphatic carbocycles. The van der Waals surface area contributed by atoms with Crippen molar-refractivity contribution >= 4 is 11.8 Å². The molecule has 2 aromatic heterocycles. The monoisotopic (exact) mass is 361 g/mol. The van der Waals surface area contributed by atoms with Crippen LogP contribution >= 0.6 is 0 Å². The van der Waals surface area contributed by atoms with Crippen LogP contribution in [0.4, 0.5) is 14.9 Å². The number of carbonyl (C=O) groups is 1. The Morgan fingerprint density at radius 1 is 1.38 bits per heavy atom. The number of hydrogen-bond acceptors (Lipinski definition) is 5. The minimum Gasteiger partial charge on any atom is -0.444 e. The van der Waals surface area contributed by atoms with E-state index in [4.69, 9.17) is 4.74 Å². The van der Waals surface area contributed by atoms with E-state index in [1.807, 2.05) is 18.3 Å². The number of halogens is 1. The van der Waals surface area contributed by atoms with E-state index in [-0.39, 0.29) is 12.6 Å². The van der Waals surface area contributed by atoms with Gasteiger partial charge in [0.25, 0.3) is 0 Å². The van der Waals surface area contributed by atoms with Crippen LogP contribution in [-0.4, -0.2) is 56.7 Å². The lowest BCUT2D eigenvalue weighted by molar-refractivity contribution is 0.0125. The number of nitrogens with zero attached hydrogens (tertiary/aromatic N) is 4. The second kappa shape index (κ2) is 7.31. The van der Waals surface area contributed by atoms with Gasteiger partial charge < -0.3 is 15.0 Å². The Balaban J connectivity index is 1.60. The molecule has 1 N–H and O–H groups in total. The van der Waals surface area contributed by atoms with Gasteiger partial charge in [0.15, 0.2) is 0 Å². The first-order chi connectivity index (χ1) is 12.3. The van der Waals surface area contributed by atoms with Crippen LogP contribution < -0.4 is 5.32 Å². The van der Waals surface area contributed by atoms with Gasteiger partial charge in [0.05, 0.1) is 36.4 Å². The van der Waals surface area contributed by atoms with Gasteiger partial charge in [0, 0.05) is 18.9 Å². The van der Waals surface area contributed by atoms with Crippen LogP contribution in [0, 0.1) is 0 Å². The first-order valence-electron chi connectivity index (χ1n) is 8.65. The van der Waals surface area contributed by atoms with E-state index in [2.05, 4.69) is 15.4 Å². The summed E-state index contributed by atoms with van der Waals surface area (Å²) >= 11 is 0. The first kappa shape index (κ1) is 18.2. The Bertz CT molecular complexity index is 744. The summed E-state index contributed by atoms with van der Waals surface area (Å²) in [5.74, 6) is 0. The molecule has 0 radical (unpaired) electrons. The Hall–Kier alpha value is -2.64. The van der Waals surface area contributed by atoms with Gasteiger partial charge in [-0.1, -0.05) is 0 Å². The SMILES string of the molecule is CC(C)(C)OC(=O)N1CC[C@@H](Nc2cncc(-n3cccn3)c2)[C@@H](F)C1. The van der Waals surface area contributed by atoms with E-state index in [0.717, 1.165) is 11.4 Å². The molecule has 3 heterocycles. The molecule has 1 saturated heterocycles. The zero-order chi connectivity index (χ0) is 18.7. The van der Waals surface area contributed by atoms with Crippen LogP contribution in [0.5, 0.6) is 0 Å². The fraction of sp³-hybridized carbons (Fsp3) is 0.500. The number of amides is 1. The number of hydrogen-bond donors (Lipinski definition) is 1. The van der Waals surface area contributed by atoms with Crippen molar-refractivity contribution in [3.05, 3.63) is 36.9 Å². The van der Waals surface area contributed by atoms with Gasteiger partial charge in [0.2, 0.25) is 0 Å². The molecule has 0 saturated carbocycles. The van der Waals surface area contributed by atoms with E-state index in [9.17, 15) is 9.18 Å². The summed E-state index contributed by atoms with van der Waals surface area (Å²) in [6, 6.07) is 3.31. The molecule has 140 valence electrons. The summed E-state index contributed by atoms with van der Waals surface area (Å²) in [6.45, 7) is 5.85.